The molecule has 1 fully saturated rings. The highest BCUT2D eigenvalue weighted by molar-refractivity contribution is 6.35. The molecular formula is C20H17ClN2O. The van der Waals surface area contributed by atoms with E-state index in [2.05, 4.69) is 41.5 Å². The van der Waals surface area contributed by atoms with Crippen molar-refractivity contribution >= 4 is 34.0 Å². The number of nitrogens with zero attached hydrogens (tertiary/aromatic N) is 1. The topological polar surface area (TPSA) is 42.0 Å². The summed E-state index contributed by atoms with van der Waals surface area (Å²) < 4.78 is 0. The highest BCUT2D eigenvalue weighted by Crippen LogP contribution is 2.48. The third kappa shape index (κ3) is 2.87. The van der Waals surface area contributed by atoms with Crippen molar-refractivity contribution in [3.63, 3.8) is 0 Å². The van der Waals surface area contributed by atoms with Crippen molar-refractivity contribution < 1.29 is 4.79 Å². The molecule has 4 rings (SSSR count). The average Bonchev–Trinajstić information content (AvgIpc) is 3.36. The summed E-state index contributed by atoms with van der Waals surface area (Å²) in [6.45, 7) is 2.08. The number of benzene rings is 2. The van der Waals surface area contributed by atoms with Crippen LogP contribution in [0.5, 0.6) is 0 Å². The summed E-state index contributed by atoms with van der Waals surface area (Å²) in [6, 6.07) is 14.1. The fourth-order valence-electron chi connectivity index (χ4n) is 3.19. The van der Waals surface area contributed by atoms with Gasteiger partial charge in [0.25, 0.3) is 0 Å². The molecule has 3 aromatic rings. The van der Waals surface area contributed by atoms with Crippen molar-refractivity contribution in [1.29, 1.82) is 0 Å². The van der Waals surface area contributed by atoms with Crippen LogP contribution in [0, 0.1) is 12.8 Å². The van der Waals surface area contributed by atoms with Gasteiger partial charge in [0.05, 0.1) is 5.02 Å². The minimum atomic E-state index is 0.0513. The van der Waals surface area contributed by atoms with E-state index in [4.69, 9.17) is 11.6 Å². The second kappa shape index (κ2) is 5.91. The number of amides is 1. The van der Waals surface area contributed by atoms with Gasteiger partial charge in [-0.25, -0.2) is 0 Å². The number of hydrogen-bond acceptors (Lipinski definition) is 2. The number of carbonyl (C=O) groups is 1. The SMILES string of the molecule is Cc1cccc([C@@H]2C[C@H]2C(=O)Nc2ccc3cncc(Cl)c3c2)c1. The molecule has 24 heavy (non-hydrogen) atoms. The van der Waals surface area contributed by atoms with Crippen LogP contribution in [0.3, 0.4) is 0 Å². The molecule has 0 aliphatic heterocycles. The highest BCUT2D eigenvalue weighted by Gasteiger charge is 2.43. The average molecular weight is 337 g/mol. The number of hydrogen-bond donors (Lipinski definition) is 1. The minimum absolute atomic E-state index is 0.0513. The Morgan fingerprint density at radius 2 is 2.08 bits per heavy atom. The van der Waals surface area contributed by atoms with Crippen molar-refractivity contribution in [2.75, 3.05) is 5.32 Å². The van der Waals surface area contributed by atoms with Crippen molar-refractivity contribution in [1.82, 2.24) is 4.98 Å². The van der Waals surface area contributed by atoms with Gasteiger partial charge >= 0.3 is 0 Å². The standard InChI is InChI=1S/C20H17ClN2O/c1-12-3-2-4-13(7-12)16-9-18(16)20(24)23-15-6-5-14-10-22-11-19(21)17(14)8-15/h2-8,10-11,16,18H,9H2,1H3,(H,23,24)/t16-,18+/m0/s1. The number of aryl methyl sites for hydroxylation is 1. The smallest absolute Gasteiger partial charge is 0.228 e. The first-order valence-corrected chi connectivity index (χ1v) is 8.40. The van der Waals surface area contributed by atoms with Crippen molar-refractivity contribution in [2.45, 2.75) is 19.3 Å². The van der Waals surface area contributed by atoms with E-state index in [1.165, 1.54) is 11.1 Å². The summed E-state index contributed by atoms with van der Waals surface area (Å²) in [6.07, 6.45) is 4.29. The minimum Gasteiger partial charge on any atom is -0.326 e. The second-order valence-electron chi connectivity index (χ2n) is 6.41. The van der Waals surface area contributed by atoms with Crippen molar-refractivity contribution in [3.05, 3.63) is 71.0 Å². The summed E-state index contributed by atoms with van der Waals surface area (Å²) in [5.41, 5.74) is 3.26. The van der Waals surface area contributed by atoms with E-state index in [-0.39, 0.29) is 11.8 Å². The summed E-state index contributed by atoms with van der Waals surface area (Å²) in [7, 11) is 0. The van der Waals surface area contributed by atoms with Crippen LogP contribution in [0.25, 0.3) is 10.8 Å². The summed E-state index contributed by atoms with van der Waals surface area (Å²) in [4.78, 5) is 16.6. The lowest BCUT2D eigenvalue weighted by Crippen LogP contribution is -2.14. The fourth-order valence-corrected chi connectivity index (χ4v) is 3.41. The van der Waals surface area contributed by atoms with Gasteiger partial charge in [0.15, 0.2) is 0 Å². The molecule has 2 aromatic carbocycles. The molecule has 1 aliphatic rings. The first-order chi connectivity index (χ1) is 11.6. The predicted molar refractivity (Wildman–Crippen MR) is 97.4 cm³/mol. The molecule has 2 atom stereocenters. The van der Waals surface area contributed by atoms with Gasteiger partial charge in [-0.15, -0.1) is 0 Å². The Kier molecular flexibility index (Phi) is 3.73. The first-order valence-electron chi connectivity index (χ1n) is 8.02. The van der Waals surface area contributed by atoms with E-state index < -0.39 is 0 Å². The van der Waals surface area contributed by atoms with Crippen LogP contribution in [-0.4, -0.2) is 10.9 Å². The number of pyridine rings is 1. The van der Waals surface area contributed by atoms with Crippen LogP contribution in [0.1, 0.15) is 23.5 Å². The molecule has 0 unspecified atom stereocenters. The summed E-state index contributed by atoms with van der Waals surface area (Å²) in [5, 5.41) is 5.47. The van der Waals surface area contributed by atoms with Crippen LogP contribution in [0.2, 0.25) is 5.02 Å². The van der Waals surface area contributed by atoms with Gasteiger partial charge < -0.3 is 5.32 Å². The maximum atomic E-state index is 12.5. The number of fused-ring (bicyclic) bond motifs is 1. The predicted octanol–water partition coefficient (Wildman–Crippen LogP) is 4.94. The third-order valence-corrected chi connectivity index (χ3v) is 4.88. The zero-order valence-corrected chi connectivity index (χ0v) is 14.0. The molecule has 4 heteroatoms. The third-order valence-electron chi connectivity index (χ3n) is 4.58. The van der Waals surface area contributed by atoms with Crippen LogP contribution < -0.4 is 5.32 Å². The van der Waals surface area contributed by atoms with Gasteiger partial charge in [0, 0.05) is 34.8 Å². The molecule has 1 heterocycles. The van der Waals surface area contributed by atoms with Crippen LogP contribution in [0.15, 0.2) is 54.9 Å². The van der Waals surface area contributed by atoms with E-state index in [0.717, 1.165) is 22.9 Å². The van der Waals surface area contributed by atoms with E-state index in [1.807, 2.05) is 18.2 Å². The molecule has 120 valence electrons. The second-order valence-corrected chi connectivity index (χ2v) is 6.82. The van der Waals surface area contributed by atoms with Gasteiger partial charge in [0.2, 0.25) is 5.91 Å². The van der Waals surface area contributed by atoms with Gasteiger partial charge in [-0.05, 0) is 37.0 Å². The van der Waals surface area contributed by atoms with E-state index >= 15 is 0 Å². The van der Waals surface area contributed by atoms with Crippen LogP contribution in [-0.2, 0) is 4.79 Å². The fraction of sp³-hybridized carbons (Fsp3) is 0.200. The Bertz CT molecular complexity index is 938. The Morgan fingerprint density at radius 1 is 1.21 bits per heavy atom. The Morgan fingerprint density at radius 3 is 2.92 bits per heavy atom. The molecule has 1 amide bonds. The molecular weight excluding hydrogens is 320 g/mol. The number of halogens is 1. The number of rotatable bonds is 3. The lowest BCUT2D eigenvalue weighted by atomic mass is 10.1. The molecule has 0 radical (unpaired) electrons. The highest BCUT2D eigenvalue weighted by atomic mass is 35.5. The quantitative estimate of drug-likeness (QED) is 0.736. The van der Waals surface area contributed by atoms with Crippen molar-refractivity contribution in [3.8, 4) is 0 Å². The Labute approximate surface area is 145 Å². The molecule has 3 nitrogen and oxygen atoms in total. The maximum Gasteiger partial charge on any atom is 0.228 e. The van der Waals surface area contributed by atoms with Gasteiger partial charge in [0.1, 0.15) is 0 Å². The molecule has 0 bridgehead atoms. The largest absolute Gasteiger partial charge is 0.326 e. The van der Waals surface area contributed by atoms with E-state index in [9.17, 15) is 4.79 Å². The van der Waals surface area contributed by atoms with E-state index in [0.29, 0.717) is 10.9 Å². The maximum absolute atomic E-state index is 12.5. The van der Waals surface area contributed by atoms with Crippen LogP contribution >= 0.6 is 11.6 Å². The zero-order chi connectivity index (χ0) is 16.7. The number of aromatic nitrogens is 1. The van der Waals surface area contributed by atoms with Crippen LogP contribution in [0.4, 0.5) is 5.69 Å². The number of anilines is 1. The molecule has 1 N–H and O–H groups in total. The van der Waals surface area contributed by atoms with Gasteiger partial charge in [-0.3, -0.25) is 9.78 Å². The lowest BCUT2D eigenvalue weighted by Gasteiger charge is -2.07. The summed E-state index contributed by atoms with van der Waals surface area (Å²) >= 11 is 6.18. The first kappa shape index (κ1) is 15.2. The number of nitrogens with one attached hydrogen (secondary N) is 1. The van der Waals surface area contributed by atoms with Crippen molar-refractivity contribution in [2.24, 2.45) is 5.92 Å². The lowest BCUT2D eigenvalue weighted by molar-refractivity contribution is -0.117. The molecule has 1 saturated carbocycles. The monoisotopic (exact) mass is 336 g/mol. The number of carbonyl (C=O) groups excluding carboxylic acids is 1. The normalized spacial score (nSPS) is 19.2. The molecule has 0 spiro atoms. The summed E-state index contributed by atoms with van der Waals surface area (Å²) in [5.74, 6) is 0.458. The Hall–Kier alpha value is -2.39. The Balaban J connectivity index is 1.50. The van der Waals surface area contributed by atoms with Gasteiger partial charge in [-0.1, -0.05) is 47.5 Å². The van der Waals surface area contributed by atoms with E-state index in [1.54, 1.807) is 12.4 Å². The molecule has 1 aromatic heterocycles. The van der Waals surface area contributed by atoms with Gasteiger partial charge in [-0.2, -0.15) is 0 Å². The molecule has 0 saturated heterocycles. The zero-order valence-electron chi connectivity index (χ0n) is 13.3. The molecule has 1 aliphatic carbocycles.